The monoisotopic (exact) mass is 546 g/mol. The first-order valence-electron chi connectivity index (χ1n) is 15.1. The zero-order valence-corrected chi connectivity index (χ0v) is 24.1. The number of aromatic nitrogens is 5. The van der Waals surface area contributed by atoms with Gasteiger partial charge in [-0.15, -0.1) is 0 Å². The highest BCUT2D eigenvalue weighted by molar-refractivity contribution is 5.90. The number of morpholine rings is 1. The lowest BCUT2D eigenvalue weighted by Crippen LogP contribution is -2.62. The molecular formula is C30H42N8O2. The van der Waals surface area contributed by atoms with E-state index in [0.29, 0.717) is 13.2 Å². The van der Waals surface area contributed by atoms with Crippen LogP contribution in [0.4, 0.5) is 5.69 Å². The average molecular weight is 547 g/mol. The Morgan fingerprint density at radius 2 is 1.98 bits per heavy atom. The zero-order chi connectivity index (χ0) is 27.5. The summed E-state index contributed by atoms with van der Waals surface area (Å²) in [6.07, 6.45) is 9.60. The fourth-order valence-electron chi connectivity index (χ4n) is 7.73. The van der Waals surface area contributed by atoms with Crippen molar-refractivity contribution in [3.05, 3.63) is 34.9 Å². The Hall–Kier alpha value is -2.98. The fraction of sp³-hybridized carbons (Fsp3) is 0.667. The number of carbonyl (C=O) groups excluding carboxylic acids is 1. The van der Waals surface area contributed by atoms with Crippen molar-refractivity contribution in [2.24, 2.45) is 5.41 Å². The van der Waals surface area contributed by atoms with E-state index >= 15 is 0 Å². The van der Waals surface area contributed by atoms with E-state index in [1.807, 2.05) is 10.9 Å². The van der Waals surface area contributed by atoms with Crippen molar-refractivity contribution in [1.29, 1.82) is 0 Å². The molecule has 3 saturated carbocycles. The molecule has 5 aliphatic rings. The predicted octanol–water partition coefficient (Wildman–Crippen LogP) is 3.02. The molecule has 2 aliphatic heterocycles. The summed E-state index contributed by atoms with van der Waals surface area (Å²) >= 11 is 0. The number of amides is 1. The first kappa shape index (κ1) is 26.0. The molecule has 10 nitrogen and oxygen atoms in total. The summed E-state index contributed by atoms with van der Waals surface area (Å²) in [7, 11) is 0. The summed E-state index contributed by atoms with van der Waals surface area (Å²) in [6.45, 7) is 11.9. The molecule has 2 bridgehead atoms. The highest BCUT2D eigenvalue weighted by atomic mass is 16.5. The predicted molar refractivity (Wildman–Crippen MR) is 153 cm³/mol. The lowest BCUT2D eigenvalue weighted by Gasteiger charge is -2.54. The number of ether oxygens (including phenoxy) is 1. The van der Waals surface area contributed by atoms with E-state index in [4.69, 9.17) is 14.8 Å². The van der Waals surface area contributed by atoms with Gasteiger partial charge in [-0.2, -0.15) is 10.2 Å². The first-order chi connectivity index (χ1) is 19.4. The van der Waals surface area contributed by atoms with Crippen LogP contribution in [0.5, 0.6) is 0 Å². The number of hydrogen-bond donors (Lipinski definition) is 2. The van der Waals surface area contributed by atoms with Crippen molar-refractivity contribution >= 4 is 22.6 Å². The number of nitrogens with zero attached hydrogens (tertiary/aromatic N) is 6. The van der Waals surface area contributed by atoms with Crippen LogP contribution < -0.4 is 15.5 Å². The molecule has 2 N–H and O–H groups in total. The van der Waals surface area contributed by atoms with Crippen LogP contribution in [0.1, 0.15) is 68.1 Å². The summed E-state index contributed by atoms with van der Waals surface area (Å²) in [4.78, 5) is 20.2. The van der Waals surface area contributed by atoms with Gasteiger partial charge in [0.25, 0.3) is 0 Å². The maximum atomic E-state index is 12.9. The molecule has 1 saturated heterocycles. The zero-order valence-electron chi connectivity index (χ0n) is 24.1. The molecule has 10 heteroatoms. The molecule has 0 spiro atoms. The Kier molecular flexibility index (Phi) is 6.38. The summed E-state index contributed by atoms with van der Waals surface area (Å²) < 4.78 is 9.86. The molecule has 1 amide bonds. The molecule has 3 aromatic heterocycles. The molecule has 5 heterocycles. The van der Waals surface area contributed by atoms with Gasteiger partial charge >= 0.3 is 0 Å². The maximum Gasteiger partial charge on any atom is 0.239 e. The molecule has 3 aromatic rings. The second-order valence-electron chi connectivity index (χ2n) is 12.7. The largest absolute Gasteiger partial charge is 0.378 e. The lowest BCUT2D eigenvalue weighted by molar-refractivity contribution is -0.130. The highest BCUT2D eigenvalue weighted by Crippen LogP contribution is 2.53. The van der Waals surface area contributed by atoms with Crippen LogP contribution in [0.25, 0.3) is 11.0 Å². The van der Waals surface area contributed by atoms with Crippen LogP contribution in [-0.4, -0.2) is 68.3 Å². The Balaban J connectivity index is 1.06. The summed E-state index contributed by atoms with van der Waals surface area (Å²) in [5.41, 5.74) is 7.41. The van der Waals surface area contributed by atoms with E-state index in [9.17, 15) is 4.79 Å². The van der Waals surface area contributed by atoms with Gasteiger partial charge in [0.1, 0.15) is 6.04 Å². The Morgan fingerprint density at radius 1 is 1.18 bits per heavy atom. The minimum Gasteiger partial charge on any atom is -0.378 e. The van der Waals surface area contributed by atoms with Crippen LogP contribution in [0.3, 0.4) is 0 Å². The topological polar surface area (TPSA) is 102 Å². The number of pyridine rings is 1. The molecule has 4 fully saturated rings. The van der Waals surface area contributed by atoms with E-state index in [1.54, 1.807) is 0 Å². The fourth-order valence-corrected chi connectivity index (χ4v) is 7.73. The number of nitrogens with one attached hydrogen (secondary N) is 2. The van der Waals surface area contributed by atoms with Crippen LogP contribution in [-0.2, 0) is 35.6 Å². The number of carbonyl (C=O) groups is 1. The quantitative estimate of drug-likeness (QED) is 0.490. The van der Waals surface area contributed by atoms with Crippen molar-refractivity contribution < 1.29 is 9.53 Å². The van der Waals surface area contributed by atoms with Crippen molar-refractivity contribution in [3.8, 4) is 0 Å². The molecule has 0 radical (unpaired) electrons. The Bertz CT molecular complexity index is 1410. The van der Waals surface area contributed by atoms with Gasteiger partial charge < -0.3 is 20.3 Å². The van der Waals surface area contributed by atoms with Gasteiger partial charge in [0.15, 0.2) is 5.65 Å². The van der Waals surface area contributed by atoms with Crippen LogP contribution in [0, 0.1) is 19.3 Å². The Labute approximate surface area is 235 Å². The second kappa shape index (κ2) is 9.83. The van der Waals surface area contributed by atoms with Gasteiger partial charge in [-0.25, -0.2) is 9.67 Å². The van der Waals surface area contributed by atoms with Gasteiger partial charge in [0.2, 0.25) is 5.91 Å². The van der Waals surface area contributed by atoms with Gasteiger partial charge in [-0.05, 0) is 70.8 Å². The molecular weight excluding hydrogens is 504 g/mol. The minimum absolute atomic E-state index is 0.0441. The second-order valence-corrected chi connectivity index (χ2v) is 12.7. The van der Waals surface area contributed by atoms with Crippen molar-refractivity contribution in [2.45, 2.75) is 96.9 Å². The maximum absolute atomic E-state index is 12.9. The van der Waals surface area contributed by atoms with Crippen LogP contribution in [0.15, 0.2) is 12.3 Å². The molecule has 8 rings (SSSR count). The number of rotatable bonds is 6. The van der Waals surface area contributed by atoms with Crippen molar-refractivity contribution in [3.63, 3.8) is 0 Å². The number of fused-ring (bicyclic) bond motifs is 5. The third kappa shape index (κ3) is 4.40. The van der Waals surface area contributed by atoms with E-state index in [1.165, 1.54) is 16.9 Å². The number of aryl methyl sites for hydroxylation is 3. The van der Waals surface area contributed by atoms with Crippen LogP contribution >= 0.6 is 0 Å². The lowest BCUT2D eigenvalue weighted by atomic mass is 9.57. The van der Waals surface area contributed by atoms with Gasteiger partial charge in [-0.1, -0.05) is 0 Å². The number of hydrogen-bond acceptors (Lipinski definition) is 7. The third-order valence-electron chi connectivity index (χ3n) is 10.2. The minimum atomic E-state index is -0.218. The molecule has 40 heavy (non-hydrogen) atoms. The van der Waals surface area contributed by atoms with Crippen molar-refractivity contribution in [2.75, 3.05) is 31.2 Å². The van der Waals surface area contributed by atoms with Gasteiger partial charge in [-0.3, -0.25) is 9.48 Å². The molecule has 214 valence electrons. The molecule has 0 aromatic carbocycles. The number of anilines is 1. The first-order valence-corrected chi connectivity index (χ1v) is 15.1. The van der Waals surface area contributed by atoms with Gasteiger partial charge in [0, 0.05) is 61.6 Å². The highest BCUT2D eigenvalue weighted by Gasteiger charge is 2.50. The van der Waals surface area contributed by atoms with E-state index in [2.05, 4.69) is 52.2 Å². The average Bonchev–Trinajstić information content (AvgIpc) is 3.53. The van der Waals surface area contributed by atoms with E-state index in [0.717, 1.165) is 100 Å². The SMILES string of the molecule is CCn1ncc2c(N3CCc4c(c(C)nn4CC45CCC(NC(=O)[C@@H]6COCCN6)(CC4)CC5)C3)cc(C)nc21. The van der Waals surface area contributed by atoms with Crippen LogP contribution in [0.2, 0.25) is 0 Å². The summed E-state index contributed by atoms with van der Waals surface area (Å²) in [5.74, 6) is 0.110. The molecule has 0 unspecified atom stereocenters. The molecule has 1 atom stereocenters. The standard InChI is InChI=1S/C30H42N8O2/c1-4-37-27-22(16-32-37)26(15-20(2)33-27)36-13-5-25-23(17-36)21(3)35-38(25)19-29-6-9-30(10-7-29,11-8-29)34-28(39)24-18-40-14-12-31-24/h15-16,24,31H,4-14,17-19H2,1-3H3,(H,34,39)/t24-,29?,30?/m0/s1. The van der Waals surface area contributed by atoms with E-state index < -0.39 is 0 Å². The Morgan fingerprint density at radius 3 is 2.70 bits per heavy atom. The smallest absolute Gasteiger partial charge is 0.239 e. The third-order valence-corrected chi connectivity index (χ3v) is 10.2. The summed E-state index contributed by atoms with van der Waals surface area (Å²) in [6, 6.07) is 1.99. The summed E-state index contributed by atoms with van der Waals surface area (Å²) in [5, 5.41) is 17.6. The van der Waals surface area contributed by atoms with E-state index in [-0.39, 0.29) is 22.9 Å². The van der Waals surface area contributed by atoms with Gasteiger partial charge in [0.05, 0.1) is 36.2 Å². The molecule has 3 aliphatic carbocycles. The van der Waals surface area contributed by atoms with Crippen molar-refractivity contribution in [1.82, 2.24) is 35.2 Å². The normalized spacial score (nSPS) is 28.2.